The lowest BCUT2D eigenvalue weighted by Gasteiger charge is -2.32. The average molecular weight is 691 g/mol. The molecular formula is C39H46N8O4. The number of pyridine rings is 1. The summed E-state index contributed by atoms with van der Waals surface area (Å²) >= 11 is 0. The van der Waals surface area contributed by atoms with Crippen LogP contribution in [-0.4, -0.2) is 61.3 Å². The van der Waals surface area contributed by atoms with Crippen molar-refractivity contribution in [1.82, 2.24) is 29.7 Å². The quantitative estimate of drug-likeness (QED) is 0.139. The Kier molecular flexibility index (Phi) is 9.79. The van der Waals surface area contributed by atoms with Gasteiger partial charge in [0.2, 0.25) is 5.95 Å². The molecule has 51 heavy (non-hydrogen) atoms. The summed E-state index contributed by atoms with van der Waals surface area (Å²) in [5.41, 5.74) is 5.05. The van der Waals surface area contributed by atoms with Crippen molar-refractivity contribution in [2.45, 2.75) is 76.7 Å². The van der Waals surface area contributed by atoms with Crippen molar-refractivity contribution in [3.8, 4) is 11.4 Å². The van der Waals surface area contributed by atoms with Gasteiger partial charge in [-0.25, -0.2) is 9.48 Å². The Morgan fingerprint density at radius 1 is 1.00 bits per heavy atom. The zero-order chi connectivity index (χ0) is 35.5. The molecule has 12 nitrogen and oxygen atoms in total. The smallest absolute Gasteiger partial charge is 0.320 e. The number of urea groups is 1. The maximum absolute atomic E-state index is 13.6. The van der Waals surface area contributed by atoms with Crippen LogP contribution in [-0.2, 0) is 16.8 Å². The van der Waals surface area contributed by atoms with Crippen LogP contribution < -0.4 is 20.3 Å². The molecule has 12 heteroatoms. The third-order valence-electron chi connectivity index (χ3n) is 9.63. The molecule has 0 saturated carbocycles. The Labute approximate surface area is 298 Å². The molecule has 0 spiro atoms. The van der Waals surface area contributed by atoms with E-state index >= 15 is 0 Å². The number of amides is 2. The van der Waals surface area contributed by atoms with Crippen LogP contribution in [0.15, 0.2) is 85.6 Å². The van der Waals surface area contributed by atoms with Crippen molar-refractivity contribution in [2.75, 3.05) is 29.9 Å². The number of benzene rings is 2. The zero-order valence-electron chi connectivity index (χ0n) is 29.5. The molecule has 3 N–H and O–H groups in total. The topological polar surface area (TPSA) is 131 Å². The Morgan fingerprint density at radius 3 is 2.49 bits per heavy atom. The average Bonchev–Trinajstić information content (AvgIpc) is 3.77. The van der Waals surface area contributed by atoms with Gasteiger partial charge in [-0.1, -0.05) is 63.2 Å². The van der Waals surface area contributed by atoms with Gasteiger partial charge in [-0.05, 0) is 66.6 Å². The lowest BCUT2D eigenvalue weighted by molar-refractivity contribution is 0.0561. The van der Waals surface area contributed by atoms with Crippen molar-refractivity contribution in [3.05, 3.63) is 108 Å². The minimum Gasteiger partial charge on any atom is -0.484 e. The van der Waals surface area contributed by atoms with Crippen molar-refractivity contribution >= 4 is 23.4 Å². The summed E-state index contributed by atoms with van der Waals surface area (Å²) in [6.45, 7) is 12.2. The molecule has 7 rings (SSSR count). The van der Waals surface area contributed by atoms with E-state index in [1.165, 1.54) is 0 Å². The molecule has 0 radical (unpaired) electrons. The Morgan fingerprint density at radius 2 is 1.76 bits per heavy atom. The van der Waals surface area contributed by atoms with Gasteiger partial charge in [0.15, 0.2) is 5.65 Å². The van der Waals surface area contributed by atoms with Crippen LogP contribution in [0.2, 0.25) is 0 Å². The number of hydrogen-bond acceptors (Lipinski definition) is 8. The molecule has 266 valence electrons. The van der Waals surface area contributed by atoms with E-state index < -0.39 is 0 Å². The summed E-state index contributed by atoms with van der Waals surface area (Å²) in [6.07, 6.45) is 7.07. The van der Waals surface area contributed by atoms with E-state index in [0.29, 0.717) is 18.8 Å². The number of aliphatic hydroxyl groups excluding tert-OH is 1. The highest BCUT2D eigenvalue weighted by Crippen LogP contribution is 2.39. The molecule has 2 aliphatic rings. The predicted octanol–water partition coefficient (Wildman–Crippen LogP) is 6.65. The lowest BCUT2D eigenvalue weighted by Crippen LogP contribution is -2.38. The largest absolute Gasteiger partial charge is 0.484 e. The van der Waals surface area contributed by atoms with Gasteiger partial charge in [-0.2, -0.15) is 5.10 Å². The first-order valence-electron chi connectivity index (χ1n) is 17.7. The van der Waals surface area contributed by atoms with Crippen LogP contribution in [0, 0.1) is 0 Å². The summed E-state index contributed by atoms with van der Waals surface area (Å²) in [4.78, 5) is 15.8. The van der Waals surface area contributed by atoms with Gasteiger partial charge in [-0.3, -0.25) is 9.72 Å². The monoisotopic (exact) mass is 690 g/mol. The van der Waals surface area contributed by atoms with Crippen LogP contribution in [0.1, 0.15) is 81.0 Å². The molecule has 2 amide bonds. The van der Waals surface area contributed by atoms with E-state index in [2.05, 4.69) is 65.2 Å². The summed E-state index contributed by atoms with van der Waals surface area (Å²) in [6, 6.07) is 20.9. The van der Waals surface area contributed by atoms with E-state index in [1.54, 1.807) is 10.8 Å². The van der Waals surface area contributed by atoms with Crippen molar-refractivity contribution < 1.29 is 19.4 Å². The number of carbonyl (C=O) groups excluding carboxylic acids is 1. The van der Waals surface area contributed by atoms with Crippen LogP contribution in [0.4, 0.5) is 16.6 Å². The number of nitrogens with zero attached hydrogens (tertiary/aromatic N) is 6. The number of aromatic nitrogens is 5. The molecule has 2 atom stereocenters. The van der Waals surface area contributed by atoms with Crippen LogP contribution >= 0.6 is 0 Å². The highest BCUT2D eigenvalue weighted by molar-refractivity contribution is 5.89. The number of ether oxygens (including phenoxy) is 2. The van der Waals surface area contributed by atoms with Gasteiger partial charge < -0.3 is 24.8 Å². The number of fused-ring (bicyclic) bond motifs is 2. The first-order valence-corrected chi connectivity index (χ1v) is 17.7. The second-order valence-corrected chi connectivity index (χ2v) is 14.3. The molecule has 5 aromatic rings. The third kappa shape index (κ3) is 7.47. The molecule has 0 unspecified atom stereocenters. The molecule has 2 aromatic carbocycles. The number of hydrogen-bond donors (Lipinski definition) is 3. The maximum atomic E-state index is 13.6. The van der Waals surface area contributed by atoms with Gasteiger partial charge in [-0.15, -0.1) is 16.8 Å². The highest BCUT2D eigenvalue weighted by atomic mass is 16.5. The van der Waals surface area contributed by atoms with Gasteiger partial charge in [0.25, 0.3) is 0 Å². The summed E-state index contributed by atoms with van der Waals surface area (Å²) in [5, 5.41) is 29.5. The van der Waals surface area contributed by atoms with Crippen molar-refractivity contribution in [3.63, 3.8) is 0 Å². The number of piperidine rings is 1. The highest BCUT2D eigenvalue weighted by Gasteiger charge is 2.30. The van der Waals surface area contributed by atoms with Crippen LogP contribution in [0.25, 0.3) is 11.3 Å². The molecule has 1 aliphatic heterocycles. The predicted molar refractivity (Wildman–Crippen MR) is 196 cm³/mol. The fourth-order valence-corrected chi connectivity index (χ4v) is 6.84. The number of nitrogens with one attached hydrogen (secondary N) is 2. The molecule has 0 bridgehead atoms. The van der Waals surface area contributed by atoms with E-state index in [0.717, 1.165) is 77.8 Å². The van der Waals surface area contributed by atoms with Gasteiger partial charge >= 0.3 is 6.03 Å². The number of aliphatic hydroxyl groups is 1. The first-order chi connectivity index (χ1) is 24.7. The van der Waals surface area contributed by atoms with E-state index in [1.807, 2.05) is 65.2 Å². The normalized spacial score (nSPS) is 18.0. The van der Waals surface area contributed by atoms with Gasteiger partial charge in [0, 0.05) is 24.6 Å². The van der Waals surface area contributed by atoms with E-state index in [4.69, 9.17) is 14.6 Å². The van der Waals surface area contributed by atoms with Crippen LogP contribution in [0.3, 0.4) is 0 Å². The molecular weight excluding hydrogens is 644 g/mol. The second kappa shape index (κ2) is 14.6. The first kappa shape index (κ1) is 34.3. The van der Waals surface area contributed by atoms with Gasteiger partial charge in [0.1, 0.15) is 17.7 Å². The molecule has 1 saturated heterocycles. The summed E-state index contributed by atoms with van der Waals surface area (Å²) in [5.74, 6) is 2.09. The summed E-state index contributed by atoms with van der Waals surface area (Å²) < 4.78 is 16.3. The minimum absolute atomic E-state index is 0.0418. The number of anilines is 2. The molecule has 1 aliphatic carbocycles. The Bertz CT molecular complexity index is 1990. The lowest BCUT2D eigenvalue weighted by atomic mass is 9.85. The van der Waals surface area contributed by atoms with E-state index in [-0.39, 0.29) is 36.3 Å². The minimum atomic E-state index is -0.315. The van der Waals surface area contributed by atoms with E-state index in [9.17, 15) is 9.90 Å². The number of rotatable bonds is 10. The molecule has 4 heterocycles. The summed E-state index contributed by atoms with van der Waals surface area (Å²) in [7, 11) is 0. The van der Waals surface area contributed by atoms with Crippen molar-refractivity contribution in [2.24, 2.45) is 0 Å². The SMILES string of the molecule is C=CCOC1CCN(c2nnc3ccc(O[C@@H]4CC[C@H](NC(=O)Nc5cc(C(C)(C)C)nn5-c5ccc(CO)cc5)c5ccccc54)cn23)CC1. The molecule has 3 aromatic heterocycles. The fraction of sp³-hybridized carbons (Fsp3) is 0.385. The van der Waals surface area contributed by atoms with Gasteiger partial charge in [0.05, 0.1) is 42.9 Å². The number of carbonyl (C=O) groups is 1. The van der Waals surface area contributed by atoms with Crippen molar-refractivity contribution in [1.29, 1.82) is 0 Å². The maximum Gasteiger partial charge on any atom is 0.320 e. The zero-order valence-corrected chi connectivity index (χ0v) is 29.5. The second-order valence-electron chi connectivity index (χ2n) is 14.3. The third-order valence-corrected chi connectivity index (χ3v) is 9.63. The Balaban J connectivity index is 1.05. The standard InChI is InChI=1S/C39H46N8O4/c1-5-22-50-28-18-20-45(21-19-28)38-43-42-35-17-14-29(24-46(35)38)51-33-16-15-32(30-8-6-7-9-31(30)33)40-37(49)41-36-23-34(39(2,3)4)44-47(36)27-12-10-26(25-48)11-13-27/h5-14,17,23-24,28,32-33,48H,1,15-16,18-22,25H2,2-4H3,(H2,40,41,49)/t32-,33+/m0/s1. The molecule has 1 fully saturated rings. The van der Waals surface area contributed by atoms with Crippen LogP contribution in [0.5, 0.6) is 5.75 Å². The Hall–Kier alpha value is -5.20. The fourth-order valence-electron chi connectivity index (χ4n) is 6.84.